The van der Waals surface area contributed by atoms with Crippen LogP contribution in [0.15, 0.2) is 36.5 Å². The summed E-state index contributed by atoms with van der Waals surface area (Å²) in [6.45, 7) is 2.05. The van der Waals surface area contributed by atoms with E-state index in [1.165, 1.54) is 12.7 Å². The molecule has 0 unspecified atom stereocenters. The summed E-state index contributed by atoms with van der Waals surface area (Å²) in [7, 11) is 1.36. The number of aromatic nitrogens is 1. The smallest absolute Gasteiger partial charge is 0.357 e. The number of hydrogen-bond acceptors (Lipinski definition) is 3. The van der Waals surface area contributed by atoms with Crippen LogP contribution in [-0.2, 0) is 4.74 Å². The maximum atomic E-state index is 11.4. The van der Waals surface area contributed by atoms with Crippen molar-refractivity contribution in [2.24, 2.45) is 0 Å². The van der Waals surface area contributed by atoms with Crippen LogP contribution >= 0.6 is 22.6 Å². The largest absolute Gasteiger partial charge is 0.464 e. The Balaban J connectivity index is 2.40. The fraction of sp³-hybridized carbons (Fsp3) is 0.143. The van der Waals surface area contributed by atoms with E-state index in [0.29, 0.717) is 5.69 Å². The third-order valence-corrected chi connectivity index (χ3v) is 3.43. The van der Waals surface area contributed by atoms with Gasteiger partial charge in [0.1, 0.15) is 0 Å². The summed E-state index contributed by atoms with van der Waals surface area (Å²) >= 11 is 2.09. The summed E-state index contributed by atoms with van der Waals surface area (Å²) < 4.78 is 5.46. The fourth-order valence-electron chi connectivity index (χ4n) is 1.59. The molecule has 0 saturated carbocycles. The molecule has 0 N–H and O–H groups in total. The Morgan fingerprint density at radius 1 is 1.22 bits per heavy atom. The topological polar surface area (TPSA) is 39.2 Å². The van der Waals surface area contributed by atoms with E-state index in [0.717, 1.165) is 14.7 Å². The lowest BCUT2D eigenvalue weighted by atomic mass is 10.1. The van der Waals surface area contributed by atoms with Crippen molar-refractivity contribution in [1.29, 1.82) is 0 Å². The molecule has 0 saturated heterocycles. The Bertz CT molecular complexity index is 579. The van der Waals surface area contributed by atoms with Gasteiger partial charge in [-0.25, -0.2) is 9.78 Å². The molecule has 1 aromatic heterocycles. The Morgan fingerprint density at radius 3 is 2.44 bits per heavy atom. The highest BCUT2D eigenvalue weighted by Crippen LogP contribution is 2.22. The van der Waals surface area contributed by atoms with Crippen LogP contribution in [0.2, 0.25) is 0 Å². The predicted molar refractivity (Wildman–Crippen MR) is 78.5 cm³/mol. The Morgan fingerprint density at radius 2 is 1.89 bits per heavy atom. The van der Waals surface area contributed by atoms with Gasteiger partial charge in [0.15, 0.2) is 5.69 Å². The van der Waals surface area contributed by atoms with Crippen LogP contribution in [0, 0.1) is 10.5 Å². The minimum atomic E-state index is -0.408. The van der Waals surface area contributed by atoms with Crippen molar-refractivity contribution in [3.05, 3.63) is 51.4 Å². The van der Waals surface area contributed by atoms with Crippen molar-refractivity contribution in [3.63, 3.8) is 0 Å². The number of benzene rings is 1. The molecular formula is C14H12INO2. The molecule has 0 amide bonds. The molecule has 0 atom stereocenters. The van der Waals surface area contributed by atoms with Gasteiger partial charge in [0.2, 0.25) is 0 Å². The molecule has 2 aromatic rings. The van der Waals surface area contributed by atoms with Crippen LogP contribution in [0.25, 0.3) is 11.1 Å². The molecular weight excluding hydrogens is 341 g/mol. The van der Waals surface area contributed by atoms with Crippen LogP contribution in [0.4, 0.5) is 0 Å². The van der Waals surface area contributed by atoms with Gasteiger partial charge in [-0.3, -0.25) is 0 Å². The first-order chi connectivity index (χ1) is 8.61. The molecule has 1 heterocycles. The highest BCUT2D eigenvalue weighted by Gasteiger charge is 2.12. The SMILES string of the molecule is COC(=O)c1ncc(-c2ccc(C)cc2)cc1I. The molecule has 4 heteroatoms. The van der Waals surface area contributed by atoms with Crippen LogP contribution in [0.5, 0.6) is 0 Å². The zero-order valence-electron chi connectivity index (χ0n) is 10.1. The summed E-state index contributed by atoms with van der Waals surface area (Å²) in [5.74, 6) is -0.408. The Kier molecular flexibility index (Phi) is 3.96. The van der Waals surface area contributed by atoms with E-state index in [1.807, 2.05) is 25.1 Å². The lowest BCUT2D eigenvalue weighted by molar-refractivity contribution is 0.0593. The number of nitrogens with zero attached hydrogens (tertiary/aromatic N) is 1. The molecule has 0 fully saturated rings. The number of carbonyl (C=O) groups excluding carboxylic acids is 1. The minimum Gasteiger partial charge on any atom is -0.464 e. The molecule has 1 aromatic carbocycles. The molecule has 92 valence electrons. The first-order valence-corrected chi connectivity index (χ1v) is 6.50. The molecule has 18 heavy (non-hydrogen) atoms. The van der Waals surface area contributed by atoms with Gasteiger partial charge < -0.3 is 4.74 Å². The van der Waals surface area contributed by atoms with Crippen LogP contribution < -0.4 is 0 Å². The van der Waals surface area contributed by atoms with E-state index in [-0.39, 0.29) is 0 Å². The minimum absolute atomic E-state index is 0.356. The second-order valence-corrected chi connectivity index (χ2v) is 5.07. The number of ether oxygens (including phenoxy) is 1. The van der Waals surface area contributed by atoms with Gasteiger partial charge >= 0.3 is 5.97 Å². The third-order valence-electron chi connectivity index (χ3n) is 2.60. The van der Waals surface area contributed by atoms with Gasteiger partial charge in [0.05, 0.1) is 7.11 Å². The normalized spacial score (nSPS) is 10.2. The molecule has 0 spiro atoms. The fourth-order valence-corrected chi connectivity index (χ4v) is 2.28. The van der Waals surface area contributed by atoms with Crippen molar-refractivity contribution < 1.29 is 9.53 Å². The number of aryl methyl sites for hydroxylation is 1. The van der Waals surface area contributed by atoms with Crippen molar-refractivity contribution >= 4 is 28.6 Å². The summed E-state index contributed by atoms with van der Waals surface area (Å²) in [6.07, 6.45) is 1.69. The molecule has 0 bridgehead atoms. The maximum absolute atomic E-state index is 11.4. The molecule has 0 aliphatic heterocycles. The molecule has 3 nitrogen and oxygen atoms in total. The number of rotatable bonds is 2. The highest BCUT2D eigenvalue weighted by atomic mass is 127. The molecule has 0 aliphatic rings. The summed E-state index contributed by atoms with van der Waals surface area (Å²) in [5, 5.41) is 0. The van der Waals surface area contributed by atoms with Crippen molar-refractivity contribution in [1.82, 2.24) is 4.98 Å². The number of halogens is 1. The van der Waals surface area contributed by atoms with E-state index < -0.39 is 5.97 Å². The average Bonchev–Trinajstić information content (AvgIpc) is 2.38. The molecule has 0 aliphatic carbocycles. The van der Waals surface area contributed by atoms with E-state index in [4.69, 9.17) is 0 Å². The van der Waals surface area contributed by atoms with Gasteiger partial charge in [0, 0.05) is 15.3 Å². The van der Waals surface area contributed by atoms with Crippen molar-refractivity contribution in [2.45, 2.75) is 6.92 Å². The predicted octanol–water partition coefficient (Wildman–Crippen LogP) is 3.45. The lowest BCUT2D eigenvalue weighted by Gasteiger charge is -2.05. The standard InChI is InChI=1S/C14H12INO2/c1-9-3-5-10(6-4-9)11-7-12(15)13(16-8-11)14(17)18-2/h3-8H,1-2H3. The van der Waals surface area contributed by atoms with E-state index in [9.17, 15) is 4.79 Å². The monoisotopic (exact) mass is 353 g/mol. The first-order valence-electron chi connectivity index (χ1n) is 5.42. The highest BCUT2D eigenvalue weighted by molar-refractivity contribution is 14.1. The third kappa shape index (κ3) is 2.69. The Hall–Kier alpha value is -1.43. The molecule has 2 rings (SSSR count). The second-order valence-electron chi connectivity index (χ2n) is 3.91. The lowest BCUT2D eigenvalue weighted by Crippen LogP contribution is -2.06. The van der Waals surface area contributed by atoms with Crippen LogP contribution in [-0.4, -0.2) is 18.1 Å². The maximum Gasteiger partial charge on any atom is 0.357 e. The van der Waals surface area contributed by atoms with Gasteiger partial charge in [0.25, 0.3) is 0 Å². The van der Waals surface area contributed by atoms with Crippen LogP contribution in [0.3, 0.4) is 0 Å². The van der Waals surface area contributed by atoms with E-state index >= 15 is 0 Å². The van der Waals surface area contributed by atoms with Crippen molar-refractivity contribution in [3.8, 4) is 11.1 Å². The van der Waals surface area contributed by atoms with Gasteiger partial charge in [-0.15, -0.1) is 0 Å². The van der Waals surface area contributed by atoms with Gasteiger partial charge in [-0.05, 0) is 41.1 Å². The zero-order chi connectivity index (χ0) is 13.1. The van der Waals surface area contributed by atoms with Gasteiger partial charge in [-0.1, -0.05) is 29.8 Å². The summed E-state index contributed by atoms with van der Waals surface area (Å²) in [5.41, 5.74) is 3.65. The number of methoxy groups -OCH3 is 1. The Labute approximate surface area is 119 Å². The van der Waals surface area contributed by atoms with Gasteiger partial charge in [-0.2, -0.15) is 0 Å². The van der Waals surface area contributed by atoms with Crippen molar-refractivity contribution in [2.75, 3.05) is 7.11 Å². The number of pyridine rings is 1. The number of hydrogen-bond donors (Lipinski definition) is 0. The molecule has 0 radical (unpaired) electrons. The second kappa shape index (κ2) is 5.48. The first kappa shape index (κ1) is 13.0. The zero-order valence-corrected chi connectivity index (χ0v) is 12.3. The van der Waals surface area contributed by atoms with E-state index in [2.05, 4.69) is 44.4 Å². The number of esters is 1. The van der Waals surface area contributed by atoms with E-state index in [1.54, 1.807) is 6.20 Å². The average molecular weight is 353 g/mol. The number of carbonyl (C=O) groups is 1. The summed E-state index contributed by atoms with van der Waals surface area (Å²) in [4.78, 5) is 15.6. The quantitative estimate of drug-likeness (QED) is 0.613. The van der Waals surface area contributed by atoms with Crippen LogP contribution in [0.1, 0.15) is 16.1 Å². The summed E-state index contributed by atoms with van der Waals surface area (Å²) in [6, 6.07) is 10.1.